The molecule has 4 heteroatoms. The average molecular weight is 285 g/mol. The number of carbonyl (C=O) groups is 1. The van der Waals surface area contributed by atoms with Gasteiger partial charge in [0.25, 0.3) is 0 Å². The standard InChI is InChI=1S/C16H31NO3/c1-5-13-6-7-14(16(18)19)15(10-13)17(8-9-20-4)11-12(2)3/h12-15H,5-11H2,1-4H3,(H,18,19). The summed E-state index contributed by atoms with van der Waals surface area (Å²) < 4.78 is 5.20. The van der Waals surface area contributed by atoms with Crippen molar-refractivity contribution in [3.63, 3.8) is 0 Å². The summed E-state index contributed by atoms with van der Waals surface area (Å²) in [7, 11) is 1.71. The average Bonchev–Trinajstić information content (AvgIpc) is 2.42. The van der Waals surface area contributed by atoms with E-state index in [1.165, 1.54) is 0 Å². The summed E-state index contributed by atoms with van der Waals surface area (Å²) in [5.41, 5.74) is 0. The second kappa shape index (κ2) is 8.63. The van der Waals surface area contributed by atoms with Gasteiger partial charge in [-0.05, 0) is 31.1 Å². The lowest BCUT2D eigenvalue weighted by Gasteiger charge is -2.41. The number of ether oxygens (including phenoxy) is 1. The van der Waals surface area contributed by atoms with Crippen molar-refractivity contribution in [2.45, 2.75) is 52.5 Å². The third kappa shape index (κ3) is 5.06. The molecule has 0 amide bonds. The van der Waals surface area contributed by atoms with Crippen molar-refractivity contribution in [3.8, 4) is 0 Å². The number of carboxylic acids is 1. The smallest absolute Gasteiger partial charge is 0.308 e. The number of aliphatic carboxylic acids is 1. The molecule has 4 nitrogen and oxygen atoms in total. The fourth-order valence-corrected chi connectivity index (χ4v) is 3.36. The number of methoxy groups -OCH3 is 1. The van der Waals surface area contributed by atoms with Crippen molar-refractivity contribution in [1.82, 2.24) is 4.90 Å². The zero-order valence-corrected chi connectivity index (χ0v) is 13.5. The SMILES string of the molecule is CCC1CCC(C(=O)O)C(N(CCOC)CC(C)C)C1. The maximum absolute atomic E-state index is 11.6. The highest BCUT2D eigenvalue weighted by atomic mass is 16.5. The monoisotopic (exact) mass is 285 g/mol. The van der Waals surface area contributed by atoms with Crippen LogP contribution in [0.3, 0.4) is 0 Å². The highest BCUT2D eigenvalue weighted by Crippen LogP contribution is 2.34. The third-order valence-corrected chi connectivity index (χ3v) is 4.47. The quantitative estimate of drug-likeness (QED) is 0.745. The molecule has 1 aliphatic rings. The van der Waals surface area contributed by atoms with Crippen molar-refractivity contribution in [3.05, 3.63) is 0 Å². The van der Waals surface area contributed by atoms with Gasteiger partial charge in [-0.2, -0.15) is 0 Å². The summed E-state index contributed by atoms with van der Waals surface area (Å²) in [6, 6.07) is 0.170. The van der Waals surface area contributed by atoms with Gasteiger partial charge in [0.2, 0.25) is 0 Å². The van der Waals surface area contributed by atoms with Crippen LogP contribution < -0.4 is 0 Å². The van der Waals surface area contributed by atoms with Crippen molar-refractivity contribution < 1.29 is 14.6 Å². The summed E-state index contributed by atoms with van der Waals surface area (Å²) in [6.07, 6.45) is 4.05. The lowest BCUT2D eigenvalue weighted by atomic mass is 9.76. The molecule has 0 heterocycles. The largest absolute Gasteiger partial charge is 0.481 e. The van der Waals surface area contributed by atoms with Crippen LogP contribution in [0.5, 0.6) is 0 Å². The molecule has 0 saturated heterocycles. The molecule has 0 radical (unpaired) electrons. The van der Waals surface area contributed by atoms with E-state index in [4.69, 9.17) is 4.74 Å². The second-order valence-electron chi connectivity index (χ2n) is 6.48. The van der Waals surface area contributed by atoms with Gasteiger partial charge in [0.05, 0.1) is 12.5 Å². The maximum atomic E-state index is 11.6. The van der Waals surface area contributed by atoms with Crippen LogP contribution in [0, 0.1) is 17.8 Å². The first kappa shape index (κ1) is 17.4. The molecule has 0 bridgehead atoms. The van der Waals surface area contributed by atoms with E-state index >= 15 is 0 Å². The van der Waals surface area contributed by atoms with Gasteiger partial charge in [-0.3, -0.25) is 9.69 Å². The Bertz CT molecular complexity index is 293. The van der Waals surface area contributed by atoms with Crippen molar-refractivity contribution >= 4 is 5.97 Å². The topological polar surface area (TPSA) is 49.8 Å². The maximum Gasteiger partial charge on any atom is 0.308 e. The van der Waals surface area contributed by atoms with Crippen LogP contribution in [0.2, 0.25) is 0 Å². The fourth-order valence-electron chi connectivity index (χ4n) is 3.36. The lowest BCUT2D eigenvalue weighted by Crippen LogP contribution is -2.49. The highest BCUT2D eigenvalue weighted by Gasteiger charge is 2.37. The van der Waals surface area contributed by atoms with Gasteiger partial charge in [-0.15, -0.1) is 0 Å². The molecule has 0 spiro atoms. The van der Waals surface area contributed by atoms with E-state index < -0.39 is 5.97 Å². The van der Waals surface area contributed by atoms with E-state index in [1.54, 1.807) is 7.11 Å². The van der Waals surface area contributed by atoms with Crippen LogP contribution in [0.25, 0.3) is 0 Å². The third-order valence-electron chi connectivity index (χ3n) is 4.47. The number of rotatable bonds is 8. The first-order chi connectivity index (χ1) is 9.49. The van der Waals surface area contributed by atoms with Crippen LogP contribution in [-0.4, -0.2) is 48.8 Å². The summed E-state index contributed by atoms with van der Waals surface area (Å²) >= 11 is 0. The van der Waals surface area contributed by atoms with Gasteiger partial charge >= 0.3 is 5.97 Å². The first-order valence-electron chi connectivity index (χ1n) is 7.95. The van der Waals surface area contributed by atoms with Crippen LogP contribution in [0.4, 0.5) is 0 Å². The number of carboxylic acid groups (broad SMARTS) is 1. The van der Waals surface area contributed by atoms with Gasteiger partial charge in [-0.1, -0.05) is 27.2 Å². The van der Waals surface area contributed by atoms with Crippen molar-refractivity contribution in [2.75, 3.05) is 26.8 Å². The zero-order valence-electron chi connectivity index (χ0n) is 13.5. The molecular weight excluding hydrogens is 254 g/mol. The van der Waals surface area contributed by atoms with Gasteiger partial charge in [0, 0.05) is 26.2 Å². The van der Waals surface area contributed by atoms with Crippen LogP contribution >= 0.6 is 0 Å². The highest BCUT2D eigenvalue weighted by molar-refractivity contribution is 5.71. The molecule has 1 fully saturated rings. The van der Waals surface area contributed by atoms with Crippen molar-refractivity contribution in [2.24, 2.45) is 17.8 Å². The summed E-state index contributed by atoms with van der Waals surface area (Å²) in [4.78, 5) is 13.9. The lowest BCUT2D eigenvalue weighted by molar-refractivity contribution is -0.146. The molecule has 0 aliphatic heterocycles. The molecular formula is C16H31NO3. The number of nitrogens with zero attached hydrogens (tertiary/aromatic N) is 1. The second-order valence-corrected chi connectivity index (χ2v) is 6.48. The van der Waals surface area contributed by atoms with E-state index in [0.29, 0.717) is 18.4 Å². The molecule has 0 aromatic rings. The summed E-state index contributed by atoms with van der Waals surface area (Å²) in [5, 5.41) is 9.52. The summed E-state index contributed by atoms with van der Waals surface area (Å²) in [6.45, 7) is 9.05. The molecule has 1 rings (SSSR count). The minimum atomic E-state index is -0.629. The molecule has 3 unspecified atom stereocenters. The Labute approximate surface area is 123 Å². The minimum Gasteiger partial charge on any atom is -0.481 e. The number of hydrogen-bond donors (Lipinski definition) is 1. The Morgan fingerprint density at radius 3 is 2.60 bits per heavy atom. The molecule has 0 aromatic carbocycles. The zero-order chi connectivity index (χ0) is 15.1. The minimum absolute atomic E-state index is 0.170. The van der Waals surface area contributed by atoms with Gasteiger partial charge < -0.3 is 9.84 Å². The van der Waals surface area contributed by atoms with Crippen LogP contribution in [-0.2, 0) is 9.53 Å². The first-order valence-corrected chi connectivity index (χ1v) is 7.95. The Balaban J connectivity index is 2.81. The molecule has 20 heavy (non-hydrogen) atoms. The molecule has 1 aliphatic carbocycles. The number of hydrogen-bond acceptors (Lipinski definition) is 3. The predicted molar refractivity (Wildman–Crippen MR) is 80.8 cm³/mol. The molecule has 1 saturated carbocycles. The Morgan fingerprint density at radius 2 is 2.10 bits per heavy atom. The molecule has 0 aromatic heterocycles. The van der Waals surface area contributed by atoms with Gasteiger partial charge in [0.1, 0.15) is 0 Å². The molecule has 1 N–H and O–H groups in total. The van der Waals surface area contributed by atoms with E-state index in [1.807, 2.05) is 0 Å². The normalized spacial score (nSPS) is 27.2. The van der Waals surface area contributed by atoms with Gasteiger partial charge in [-0.25, -0.2) is 0 Å². The predicted octanol–water partition coefficient (Wildman–Crippen LogP) is 2.87. The Hall–Kier alpha value is -0.610. The van der Waals surface area contributed by atoms with E-state index in [-0.39, 0.29) is 12.0 Å². The van der Waals surface area contributed by atoms with E-state index in [0.717, 1.165) is 38.8 Å². The Morgan fingerprint density at radius 1 is 1.40 bits per heavy atom. The van der Waals surface area contributed by atoms with E-state index in [2.05, 4.69) is 25.7 Å². The fraction of sp³-hybridized carbons (Fsp3) is 0.938. The van der Waals surface area contributed by atoms with Crippen molar-refractivity contribution in [1.29, 1.82) is 0 Å². The molecule has 3 atom stereocenters. The van der Waals surface area contributed by atoms with Crippen LogP contribution in [0.15, 0.2) is 0 Å². The van der Waals surface area contributed by atoms with Gasteiger partial charge in [0.15, 0.2) is 0 Å². The molecule has 118 valence electrons. The Kier molecular flexibility index (Phi) is 7.52. The van der Waals surface area contributed by atoms with E-state index in [9.17, 15) is 9.90 Å². The van der Waals surface area contributed by atoms with Crippen LogP contribution in [0.1, 0.15) is 46.5 Å². The summed E-state index contributed by atoms with van der Waals surface area (Å²) in [5.74, 6) is 0.375.